The zero-order valence-electron chi connectivity index (χ0n) is 13.3. The average Bonchev–Trinajstić information content (AvgIpc) is 2.87. The molecule has 2 unspecified atom stereocenters. The molecule has 0 aliphatic heterocycles. The van der Waals surface area contributed by atoms with Gasteiger partial charge in [0.05, 0.1) is 0 Å². The van der Waals surface area contributed by atoms with Crippen LogP contribution >= 0.6 is 12.4 Å². The number of amides is 2. The number of nitrogens with one attached hydrogen (secondary N) is 1. The van der Waals surface area contributed by atoms with Crippen LogP contribution < -0.4 is 11.1 Å². The van der Waals surface area contributed by atoms with Crippen molar-refractivity contribution in [1.29, 1.82) is 0 Å². The van der Waals surface area contributed by atoms with Crippen molar-refractivity contribution in [3.05, 3.63) is 29.3 Å². The summed E-state index contributed by atoms with van der Waals surface area (Å²) in [5.74, 6) is -0.0958. The van der Waals surface area contributed by atoms with Crippen LogP contribution in [0.25, 0.3) is 0 Å². The van der Waals surface area contributed by atoms with E-state index in [4.69, 9.17) is 5.73 Å². The molecule has 5 nitrogen and oxygen atoms in total. The molecular weight excluding hydrogens is 302 g/mol. The van der Waals surface area contributed by atoms with Crippen LogP contribution in [0, 0.1) is 12.8 Å². The van der Waals surface area contributed by atoms with Gasteiger partial charge in [-0.3, -0.25) is 9.59 Å². The van der Waals surface area contributed by atoms with E-state index in [2.05, 4.69) is 5.32 Å². The van der Waals surface area contributed by atoms with Gasteiger partial charge in [0.2, 0.25) is 5.91 Å². The third kappa shape index (κ3) is 4.21. The Hall–Kier alpha value is -1.59. The van der Waals surface area contributed by atoms with Gasteiger partial charge in [-0.2, -0.15) is 0 Å². The molecule has 0 saturated heterocycles. The third-order valence-corrected chi connectivity index (χ3v) is 3.99. The first kappa shape index (κ1) is 18.5. The third-order valence-electron chi connectivity index (χ3n) is 3.99. The van der Waals surface area contributed by atoms with Crippen molar-refractivity contribution < 1.29 is 9.59 Å². The van der Waals surface area contributed by atoms with Gasteiger partial charge >= 0.3 is 0 Å². The molecule has 2 amide bonds. The molecule has 3 N–H and O–H groups in total. The summed E-state index contributed by atoms with van der Waals surface area (Å²) in [7, 11) is 3.42. The smallest absolute Gasteiger partial charge is 0.253 e. The van der Waals surface area contributed by atoms with Crippen LogP contribution in [0.2, 0.25) is 0 Å². The Morgan fingerprint density at radius 3 is 2.50 bits per heavy atom. The second kappa shape index (κ2) is 7.61. The molecule has 22 heavy (non-hydrogen) atoms. The molecule has 0 aromatic heterocycles. The lowest BCUT2D eigenvalue weighted by molar-refractivity contribution is -0.119. The topological polar surface area (TPSA) is 75.4 Å². The maximum absolute atomic E-state index is 12.3. The first-order valence-corrected chi connectivity index (χ1v) is 7.27. The Bertz CT molecular complexity index is 560. The van der Waals surface area contributed by atoms with Gasteiger partial charge in [-0.15, -0.1) is 12.4 Å². The zero-order chi connectivity index (χ0) is 15.6. The summed E-state index contributed by atoms with van der Waals surface area (Å²) in [6, 6.07) is 5.50. The van der Waals surface area contributed by atoms with Crippen LogP contribution in [0.5, 0.6) is 0 Å². The molecule has 1 aliphatic carbocycles. The fourth-order valence-electron chi connectivity index (χ4n) is 2.64. The molecule has 0 radical (unpaired) electrons. The lowest BCUT2D eigenvalue weighted by atomic mass is 10.1. The quantitative estimate of drug-likeness (QED) is 0.894. The number of halogens is 1. The van der Waals surface area contributed by atoms with E-state index in [9.17, 15) is 9.59 Å². The lowest BCUT2D eigenvalue weighted by Gasteiger charge is -2.15. The Labute approximate surface area is 137 Å². The minimum Gasteiger partial charge on any atom is -0.345 e. The maximum Gasteiger partial charge on any atom is 0.253 e. The van der Waals surface area contributed by atoms with Gasteiger partial charge in [-0.25, -0.2) is 0 Å². The summed E-state index contributed by atoms with van der Waals surface area (Å²) < 4.78 is 0. The van der Waals surface area contributed by atoms with Crippen LogP contribution in [0.3, 0.4) is 0 Å². The molecule has 0 spiro atoms. The zero-order valence-corrected chi connectivity index (χ0v) is 14.1. The van der Waals surface area contributed by atoms with Crippen LogP contribution in [0.1, 0.15) is 35.2 Å². The van der Waals surface area contributed by atoms with E-state index in [0.717, 1.165) is 24.8 Å². The van der Waals surface area contributed by atoms with Gasteiger partial charge in [0, 0.05) is 37.3 Å². The van der Waals surface area contributed by atoms with Gasteiger partial charge in [0.25, 0.3) is 5.91 Å². The summed E-state index contributed by atoms with van der Waals surface area (Å²) in [4.78, 5) is 25.8. The van der Waals surface area contributed by atoms with Gasteiger partial charge in [-0.05, 0) is 43.9 Å². The van der Waals surface area contributed by atoms with Crippen molar-refractivity contribution in [2.24, 2.45) is 11.7 Å². The van der Waals surface area contributed by atoms with Crippen molar-refractivity contribution in [2.75, 3.05) is 19.4 Å². The SMILES string of the molecule is Cc1ccc(C(=O)N(C)C)cc1NC(=O)C1CCC(N)C1.Cl. The fourth-order valence-corrected chi connectivity index (χ4v) is 2.64. The maximum atomic E-state index is 12.3. The molecule has 1 fully saturated rings. The van der Waals surface area contributed by atoms with Crippen molar-refractivity contribution in [2.45, 2.75) is 32.2 Å². The number of aryl methyl sites for hydroxylation is 1. The highest BCUT2D eigenvalue weighted by molar-refractivity contribution is 5.98. The number of hydrogen-bond donors (Lipinski definition) is 2. The number of benzene rings is 1. The average molecular weight is 326 g/mol. The summed E-state index contributed by atoms with van der Waals surface area (Å²) in [6.45, 7) is 1.92. The van der Waals surface area contributed by atoms with Gasteiger partial charge in [0.1, 0.15) is 0 Å². The molecule has 0 heterocycles. The molecule has 122 valence electrons. The molecule has 1 saturated carbocycles. The Balaban J connectivity index is 0.00000242. The van der Waals surface area contributed by atoms with Crippen LogP contribution in [0.4, 0.5) is 5.69 Å². The van der Waals surface area contributed by atoms with Gasteiger partial charge < -0.3 is 16.0 Å². The normalized spacial score (nSPS) is 20.2. The van der Waals surface area contributed by atoms with Crippen molar-refractivity contribution in [1.82, 2.24) is 4.90 Å². The number of hydrogen-bond acceptors (Lipinski definition) is 3. The second-order valence-corrected chi connectivity index (χ2v) is 5.99. The molecule has 1 aromatic carbocycles. The fraction of sp³-hybridized carbons (Fsp3) is 0.500. The number of anilines is 1. The highest BCUT2D eigenvalue weighted by atomic mass is 35.5. The highest BCUT2D eigenvalue weighted by Crippen LogP contribution is 2.26. The van der Waals surface area contributed by atoms with Gasteiger partial charge in [0.15, 0.2) is 0 Å². The first-order chi connectivity index (χ1) is 9.88. The number of rotatable bonds is 3. The summed E-state index contributed by atoms with van der Waals surface area (Å²) in [6.07, 6.45) is 2.47. The van der Waals surface area contributed by atoms with Crippen molar-refractivity contribution >= 4 is 29.9 Å². The summed E-state index contributed by atoms with van der Waals surface area (Å²) in [5.41, 5.74) is 8.07. The summed E-state index contributed by atoms with van der Waals surface area (Å²) >= 11 is 0. The van der Waals surface area contributed by atoms with E-state index in [1.54, 1.807) is 26.2 Å². The van der Waals surface area contributed by atoms with E-state index in [1.165, 1.54) is 4.90 Å². The Morgan fingerprint density at radius 1 is 1.27 bits per heavy atom. The highest BCUT2D eigenvalue weighted by Gasteiger charge is 2.28. The predicted octanol–water partition coefficient (Wildman–Crippen LogP) is 2.18. The standard InChI is InChI=1S/C16H23N3O2.ClH/c1-10-4-5-12(16(21)19(2)3)9-14(10)18-15(20)11-6-7-13(17)8-11;/h4-5,9,11,13H,6-8,17H2,1-3H3,(H,18,20);1H. The largest absolute Gasteiger partial charge is 0.345 e. The minimum atomic E-state index is -0.0756. The molecule has 0 bridgehead atoms. The monoisotopic (exact) mass is 325 g/mol. The predicted molar refractivity (Wildman–Crippen MR) is 90.4 cm³/mol. The minimum absolute atomic E-state index is 0. The van der Waals surface area contributed by atoms with Crippen molar-refractivity contribution in [3.63, 3.8) is 0 Å². The summed E-state index contributed by atoms with van der Waals surface area (Å²) in [5, 5.41) is 2.94. The van der Waals surface area contributed by atoms with Gasteiger partial charge in [-0.1, -0.05) is 6.07 Å². The Morgan fingerprint density at radius 2 is 1.95 bits per heavy atom. The molecule has 1 aromatic rings. The number of nitrogens with two attached hydrogens (primary N) is 1. The van der Waals surface area contributed by atoms with E-state index in [0.29, 0.717) is 11.3 Å². The molecule has 2 atom stereocenters. The number of carbonyl (C=O) groups is 2. The van der Waals surface area contributed by atoms with Crippen molar-refractivity contribution in [3.8, 4) is 0 Å². The number of nitrogens with zero attached hydrogens (tertiary/aromatic N) is 1. The van der Waals surface area contributed by atoms with Crippen LogP contribution in [0.15, 0.2) is 18.2 Å². The van der Waals surface area contributed by atoms with Crippen LogP contribution in [-0.4, -0.2) is 36.9 Å². The molecule has 6 heteroatoms. The molecule has 2 rings (SSSR count). The molecule has 1 aliphatic rings. The number of carbonyl (C=O) groups excluding carboxylic acids is 2. The molecular formula is C16H24ClN3O2. The van der Waals surface area contributed by atoms with E-state index in [1.807, 2.05) is 13.0 Å². The second-order valence-electron chi connectivity index (χ2n) is 5.99. The van der Waals surface area contributed by atoms with Crippen LogP contribution in [-0.2, 0) is 4.79 Å². The van der Waals surface area contributed by atoms with E-state index < -0.39 is 0 Å². The lowest BCUT2D eigenvalue weighted by Crippen LogP contribution is -2.24. The first-order valence-electron chi connectivity index (χ1n) is 7.27. The van der Waals surface area contributed by atoms with E-state index >= 15 is 0 Å². The Kier molecular flexibility index (Phi) is 6.38. The van der Waals surface area contributed by atoms with E-state index in [-0.39, 0.29) is 36.2 Å².